The molecule has 2 aromatic heterocycles. The number of aryl methyl sites for hydroxylation is 1. The van der Waals surface area contributed by atoms with Gasteiger partial charge in [-0.3, -0.25) is 4.98 Å². The van der Waals surface area contributed by atoms with E-state index < -0.39 is 0 Å². The molecule has 0 radical (unpaired) electrons. The fourth-order valence-corrected chi connectivity index (χ4v) is 2.27. The number of pyridine rings is 1. The molecule has 1 atom stereocenters. The number of hydrogen-bond donors (Lipinski definition) is 1. The Morgan fingerprint density at radius 3 is 2.68 bits per heavy atom. The molecule has 19 heavy (non-hydrogen) atoms. The summed E-state index contributed by atoms with van der Waals surface area (Å²) in [7, 11) is 0. The molecule has 0 aliphatic heterocycles. The summed E-state index contributed by atoms with van der Waals surface area (Å²) >= 11 is 3.54. The lowest BCUT2D eigenvalue weighted by Crippen LogP contribution is -2.21. The molecule has 0 aromatic carbocycles. The number of nitrogens with two attached hydrogens (primary N) is 1. The molecule has 0 bridgehead atoms. The third-order valence-corrected chi connectivity index (χ3v) is 4.40. The smallest absolute Gasteiger partial charge is 0.0835 e. The van der Waals surface area contributed by atoms with Gasteiger partial charge in [-0.05, 0) is 54.2 Å². The Balaban J connectivity index is 2.35. The first-order valence-electron chi connectivity index (χ1n) is 6.44. The van der Waals surface area contributed by atoms with Crippen LogP contribution in [0.4, 0.5) is 0 Å². The van der Waals surface area contributed by atoms with Gasteiger partial charge in [-0.25, -0.2) is 4.68 Å². The summed E-state index contributed by atoms with van der Waals surface area (Å²) in [5.41, 5.74) is 10.2. The van der Waals surface area contributed by atoms with E-state index in [-0.39, 0.29) is 6.04 Å². The van der Waals surface area contributed by atoms with Crippen molar-refractivity contribution in [2.45, 2.75) is 39.7 Å². The van der Waals surface area contributed by atoms with E-state index in [0.717, 1.165) is 40.0 Å². The zero-order chi connectivity index (χ0) is 14.0. The number of aromatic nitrogens is 3. The average Bonchev–Trinajstić information content (AvgIpc) is 2.67. The molecule has 0 amide bonds. The standard InChI is InChI=1S/C14H19BrN4/c1-4-12(16)5-11-6-13(8-17-7-11)19-10(3)14(15)9(2)18-19/h6-8,12H,4-5,16H2,1-3H3. The van der Waals surface area contributed by atoms with Gasteiger partial charge >= 0.3 is 0 Å². The van der Waals surface area contributed by atoms with E-state index in [2.05, 4.69) is 39.0 Å². The van der Waals surface area contributed by atoms with Crippen LogP contribution in [0.3, 0.4) is 0 Å². The Labute approximate surface area is 122 Å². The van der Waals surface area contributed by atoms with Crippen molar-refractivity contribution in [2.24, 2.45) is 5.73 Å². The lowest BCUT2D eigenvalue weighted by molar-refractivity contribution is 0.644. The van der Waals surface area contributed by atoms with Crippen molar-refractivity contribution in [1.29, 1.82) is 0 Å². The first kappa shape index (κ1) is 14.2. The molecule has 5 heteroatoms. The predicted molar refractivity (Wildman–Crippen MR) is 80.5 cm³/mol. The Bertz CT molecular complexity index is 577. The summed E-state index contributed by atoms with van der Waals surface area (Å²) in [6, 6.07) is 2.29. The van der Waals surface area contributed by atoms with Crippen molar-refractivity contribution in [3.05, 3.63) is 39.9 Å². The summed E-state index contributed by atoms with van der Waals surface area (Å²) in [4.78, 5) is 4.30. The highest BCUT2D eigenvalue weighted by Crippen LogP contribution is 2.23. The quantitative estimate of drug-likeness (QED) is 0.941. The minimum Gasteiger partial charge on any atom is -0.327 e. The molecular weight excluding hydrogens is 304 g/mol. The van der Waals surface area contributed by atoms with Crippen LogP contribution in [0, 0.1) is 13.8 Å². The summed E-state index contributed by atoms with van der Waals surface area (Å²) < 4.78 is 2.95. The van der Waals surface area contributed by atoms with Crippen LogP contribution >= 0.6 is 15.9 Å². The van der Waals surface area contributed by atoms with E-state index in [1.54, 1.807) is 0 Å². The predicted octanol–water partition coefficient (Wildman–Crippen LogP) is 2.93. The fraction of sp³-hybridized carbons (Fsp3) is 0.429. The first-order chi connectivity index (χ1) is 9.02. The van der Waals surface area contributed by atoms with E-state index in [4.69, 9.17) is 5.73 Å². The van der Waals surface area contributed by atoms with Crippen LogP contribution in [0.2, 0.25) is 0 Å². The summed E-state index contributed by atoms with van der Waals surface area (Å²) in [5.74, 6) is 0. The van der Waals surface area contributed by atoms with Gasteiger partial charge in [0.05, 0.1) is 27.7 Å². The second-order valence-corrected chi connectivity index (χ2v) is 5.61. The van der Waals surface area contributed by atoms with Gasteiger partial charge in [-0.1, -0.05) is 6.92 Å². The molecule has 0 saturated carbocycles. The SMILES string of the molecule is CCC(N)Cc1cncc(-n2nc(C)c(Br)c2C)c1. The Morgan fingerprint density at radius 2 is 2.11 bits per heavy atom. The molecule has 102 valence electrons. The lowest BCUT2D eigenvalue weighted by atomic mass is 10.1. The van der Waals surface area contributed by atoms with Crippen LogP contribution in [-0.4, -0.2) is 20.8 Å². The molecule has 0 aliphatic rings. The van der Waals surface area contributed by atoms with Gasteiger partial charge in [0.25, 0.3) is 0 Å². The topological polar surface area (TPSA) is 56.7 Å². The van der Waals surface area contributed by atoms with Crippen molar-refractivity contribution < 1.29 is 0 Å². The number of halogens is 1. The van der Waals surface area contributed by atoms with E-state index in [1.807, 2.05) is 30.9 Å². The normalized spacial score (nSPS) is 12.7. The van der Waals surface area contributed by atoms with Crippen LogP contribution in [0.15, 0.2) is 22.9 Å². The fourth-order valence-electron chi connectivity index (χ4n) is 2.02. The zero-order valence-electron chi connectivity index (χ0n) is 11.5. The summed E-state index contributed by atoms with van der Waals surface area (Å²) in [5, 5.41) is 4.52. The van der Waals surface area contributed by atoms with Gasteiger partial charge in [0.2, 0.25) is 0 Å². The molecule has 2 heterocycles. The molecule has 2 aromatic rings. The van der Waals surface area contributed by atoms with E-state index in [1.165, 1.54) is 0 Å². The molecule has 0 fully saturated rings. The zero-order valence-corrected chi connectivity index (χ0v) is 13.1. The number of nitrogens with zero attached hydrogens (tertiary/aromatic N) is 3. The van der Waals surface area contributed by atoms with Gasteiger partial charge in [-0.15, -0.1) is 0 Å². The molecular formula is C14H19BrN4. The maximum atomic E-state index is 5.99. The maximum absolute atomic E-state index is 5.99. The molecule has 0 saturated heterocycles. The Hall–Kier alpha value is -1.20. The van der Waals surface area contributed by atoms with Crippen molar-refractivity contribution in [1.82, 2.24) is 14.8 Å². The van der Waals surface area contributed by atoms with Crippen LogP contribution in [-0.2, 0) is 6.42 Å². The van der Waals surface area contributed by atoms with E-state index in [9.17, 15) is 0 Å². The van der Waals surface area contributed by atoms with Crippen molar-refractivity contribution >= 4 is 15.9 Å². The molecule has 2 N–H and O–H groups in total. The summed E-state index contributed by atoms with van der Waals surface area (Å²) in [6.45, 7) is 6.12. The second-order valence-electron chi connectivity index (χ2n) is 4.82. The van der Waals surface area contributed by atoms with Gasteiger partial charge < -0.3 is 5.73 Å². The van der Waals surface area contributed by atoms with Crippen molar-refractivity contribution in [3.8, 4) is 5.69 Å². The monoisotopic (exact) mass is 322 g/mol. The number of hydrogen-bond acceptors (Lipinski definition) is 3. The largest absolute Gasteiger partial charge is 0.327 e. The second kappa shape index (κ2) is 5.84. The van der Waals surface area contributed by atoms with Crippen molar-refractivity contribution in [2.75, 3.05) is 0 Å². The third-order valence-electron chi connectivity index (χ3n) is 3.25. The highest BCUT2D eigenvalue weighted by atomic mass is 79.9. The minimum atomic E-state index is 0.184. The third kappa shape index (κ3) is 3.04. The van der Waals surface area contributed by atoms with E-state index in [0.29, 0.717) is 0 Å². The molecule has 2 rings (SSSR count). The van der Waals surface area contributed by atoms with Crippen LogP contribution in [0.1, 0.15) is 30.3 Å². The van der Waals surface area contributed by atoms with Gasteiger partial charge in [-0.2, -0.15) is 5.10 Å². The van der Waals surface area contributed by atoms with Crippen LogP contribution in [0.5, 0.6) is 0 Å². The first-order valence-corrected chi connectivity index (χ1v) is 7.23. The highest BCUT2D eigenvalue weighted by molar-refractivity contribution is 9.10. The van der Waals surface area contributed by atoms with Gasteiger partial charge in [0.15, 0.2) is 0 Å². The molecule has 1 unspecified atom stereocenters. The van der Waals surface area contributed by atoms with E-state index >= 15 is 0 Å². The van der Waals surface area contributed by atoms with Gasteiger partial charge in [0.1, 0.15) is 0 Å². The maximum Gasteiger partial charge on any atom is 0.0835 e. The Morgan fingerprint density at radius 1 is 1.37 bits per heavy atom. The van der Waals surface area contributed by atoms with Crippen molar-refractivity contribution in [3.63, 3.8) is 0 Å². The molecule has 4 nitrogen and oxygen atoms in total. The molecule has 0 spiro atoms. The Kier molecular flexibility index (Phi) is 4.37. The molecule has 0 aliphatic carbocycles. The van der Waals surface area contributed by atoms with Crippen LogP contribution < -0.4 is 5.73 Å². The van der Waals surface area contributed by atoms with Crippen LogP contribution in [0.25, 0.3) is 5.69 Å². The summed E-state index contributed by atoms with van der Waals surface area (Å²) in [6.07, 6.45) is 5.51. The van der Waals surface area contributed by atoms with Gasteiger partial charge in [0, 0.05) is 12.2 Å². The number of rotatable bonds is 4. The lowest BCUT2D eigenvalue weighted by Gasteiger charge is -2.10. The highest BCUT2D eigenvalue weighted by Gasteiger charge is 2.11. The average molecular weight is 323 g/mol. The minimum absolute atomic E-state index is 0.184.